The first kappa shape index (κ1) is 14.8. The predicted molar refractivity (Wildman–Crippen MR) is 90.8 cm³/mol. The number of benzene rings is 1. The van der Waals surface area contributed by atoms with Gasteiger partial charge >= 0.3 is 0 Å². The summed E-state index contributed by atoms with van der Waals surface area (Å²) in [7, 11) is 0. The molecule has 0 unspecified atom stereocenters. The van der Waals surface area contributed by atoms with Crippen molar-refractivity contribution in [2.45, 2.75) is 13.8 Å². The summed E-state index contributed by atoms with van der Waals surface area (Å²) < 4.78 is 0. The molecule has 3 rings (SSSR count). The highest BCUT2D eigenvalue weighted by Crippen LogP contribution is 2.26. The summed E-state index contributed by atoms with van der Waals surface area (Å²) in [5, 5.41) is 5.76. The third kappa shape index (κ3) is 3.05. The van der Waals surface area contributed by atoms with Gasteiger partial charge in [-0.15, -0.1) is 11.3 Å². The van der Waals surface area contributed by atoms with Crippen LogP contribution in [0.15, 0.2) is 35.8 Å². The normalized spacial score (nSPS) is 10.7. The maximum absolute atomic E-state index is 12.0. The summed E-state index contributed by atoms with van der Waals surface area (Å²) in [6.07, 6.45) is 1.57. The van der Waals surface area contributed by atoms with Crippen molar-refractivity contribution in [3.63, 3.8) is 0 Å². The highest BCUT2D eigenvalue weighted by atomic mass is 35.5. The van der Waals surface area contributed by atoms with E-state index in [9.17, 15) is 4.79 Å². The summed E-state index contributed by atoms with van der Waals surface area (Å²) in [5.41, 5.74) is 4.77. The highest BCUT2D eigenvalue weighted by Gasteiger charge is 2.11. The number of hydrogen-bond donors (Lipinski definition) is 2. The van der Waals surface area contributed by atoms with E-state index in [4.69, 9.17) is 11.6 Å². The Morgan fingerprint density at radius 3 is 2.77 bits per heavy atom. The van der Waals surface area contributed by atoms with Crippen molar-refractivity contribution >= 4 is 34.0 Å². The van der Waals surface area contributed by atoms with Gasteiger partial charge in [-0.25, -0.2) is 4.98 Å². The van der Waals surface area contributed by atoms with E-state index in [1.54, 1.807) is 12.3 Å². The van der Waals surface area contributed by atoms with Gasteiger partial charge in [-0.1, -0.05) is 23.7 Å². The van der Waals surface area contributed by atoms with E-state index in [1.807, 2.05) is 11.4 Å². The van der Waals surface area contributed by atoms with Crippen LogP contribution in [-0.4, -0.2) is 15.9 Å². The van der Waals surface area contributed by atoms with Crippen molar-refractivity contribution in [1.29, 1.82) is 0 Å². The van der Waals surface area contributed by atoms with Crippen LogP contribution in [0.25, 0.3) is 11.3 Å². The second-order valence-electron chi connectivity index (χ2n) is 5.02. The fraction of sp³-hybridized carbons (Fsp3) is 0.125. The molecule has 0 atom stereocenters. The third-order valence-electron chi connectivity index (χ3n) is 3.42. The molecule has 0 aliphatic carbocycles. The van der Waals surface area contributed by atoms with Crippen LogP contribution >= 0.6 is 22.9 Å². The van der Waals surface area contributed by atoms with Crippen LogP contribution in [-0.2, 0) is 0 Å². The molecule has 22 heavy (non-hydrogen) atoms. The van der Waals surface area contributed by atoms with Crippen LogP contribution in [0.1, 0.15) is 21.6 Å². The number of rotatable bonds is 3. The van der Waals surface area contributed by atoms with E-state index < -0.39 is 0 Å². The Kier molecular flexibility index (Phi) is 4.00. The lowest BCUT2D eigenvalue weighted by Crippen LogP contribution is -2.11. The number of carbonyl (C=O) groups is 1. The molecular weight excluding hydrogens is 318 g/mol. The molecule has 0 radical (unpaired) electrons. The maximum atomic E-state index is 12.0. The number of halogens is 1. The quantitative estimate of drug-likeness (QED) is 0.733. The van der Waals surface area contributed by atoms with Gasteiger partial charge in [0.15, 0.2) is 5.13 Å². The number of aromatic nitrogens is 2. The molecule has 3 aromatic rings. The van der Waals surface area contributed by atoms with Gasteiger partial charge in [-0.05, 0) is 37.1 Å². The zero-order valence-electron chi connectivity index (χ0n) is 12.1. The van der Waals surface area contributed by atoms with Gasteiger partial charge in [-0.3, -0.25) is 10.1 Å². The van der Waals surface area contributed by atoms with Crippen molar-refractivity contribution in [3.8, 4) is 11.3 Å². The number of carbonyl (C=O) groups excluding carboxylic acids is 1. The van der Waals surface area contributed by atoms with Crippen LogP contribution in [0.5, 0.6) is 0 Å². The molecule has 0 bridgehead atoms. The number of nitrogens with zero attached hydrogens (tertiary/aromatic N) is 1. The molecule has 0 aliphatic heterocycles. The van der Waals surface area contributed by atoms with Crippen molar-refractivity contribution in [2.24, 2.45) is 0 Å². The number of H-pyrrole nitrogens is 1. The molecule has 2 heterocycles. The lowest BCUT2D eigenvalue weighted by molar-refractivity contribution is 0.102. The van der Waals surface area contributed by atoms with Gasteiger partial charge in [0.1, 0.15) is 5.69 Å². The van der Waals surface area contributed by atoms with E-state index in [0.717, 1.165) is 11.3 Å². The minimum absolute atomic E-state index is 0.257. The number of nitrogens with one attached hydrogen (secondary N) is 2. The molecule has 112 valence electrons. The monoisotopic (exact) mass is 331 g/mol. The maximum Gasteiger partial charge on any atom is 0.273 e. The molecule has 4 nitrogen and oxygen atoms in total. The molecule has 0 fully saturated rings. The zero-order valence-corrected chi connectivity index (χ0v) is 13.7. The van der Waals surface area contributed by atoms with E-state index in [0.29, 0.717) is 15.8 Å². The first-order valence-electron chi connectivity index (χ1n) is 6.71. The van der Waals surface area contributed by atoms with Gasteiger partial charge in [0, 0.05) is 17.1 Å². The zero-order chi connectivity index (χ0) is 15.7. The molecule has 6 heteroatoms. The first-order valence-corrected chi connectivity index (χ1v) is 7.97. The number of aromatic amines is 1. The van der Waals surface area contributed by atoms with E-state index >= 15 is 0 Å². The predicted octanol–water partition coefficient (Wildman–Crippen LogP) is 4.66. The number of amides is 1. The second-order valence-corrected chi connectivity index (χ2v) is 6.32. The number of thiazole rings is 1. The largest absolute Gasteiger partial charge is 0.356 e. The van der Waals surface area contributed by atoms with E-state index in [1.165, 1.54) is 22.5 Å². The van der Waals surface area contributed by atoms with Gasteiger partial charge < -0.3 is 4.98 Å². The van der Waals surface area contributed by atoms with Gasteiger partial charge in [-0.2, -0.15) is 0 Å². The van der Waals surface area contributed by atoms with Crippen LogP contribution < -0.4 is 5.32 Å². The fourth-order valence-corrected chi connectivity index (χ4v) is 2.91. The average molecular weight is 332 g/mol. The molecule has 0 spiro atoms. The van der Waals surface area contributed by atoms with Crippen LogP contribution in [0.2, 0.25) is 5.02 Å². The smallest absolute Gasteiger partial charge is 0.273 e. The Bertz CT molecular complexity index is 838. The molecule has 2 N–H and O–H groups in total. The van der Waals surface area contributed by atoms with Gasteiger partial charge in [0.25, 0.3) is 5.91 Å². The second kappa shape index (κ2) is 5.94. The van der Waals surface area contributed by atoms with Crippen LogP contribution in [0, 0.1) is 13.8 Å². The molecule has 2 aromatic heterocycles. The summed E-state index contributed by atoms with van der Waals surface area (Å²) in [4.78, 5) is 19.3. The van der Waals surface area contributed by atoms with Gasteiger partial charge in [0.05, 0.1) is 10.7 Å². The average Bonchev–Trinajstić information content (AvgIpc) is 3.11. The summed E-state index contributed by atoms with van der Waals surface area (Å²) >= 11 is 7.19. The molecule has 0 aliphatic rings. The van der Waals surface area contributed by atoms with Crippen LogP contribution in [0.3, 0.4) is 0 Å². The fourth-order valence-electron chi connectivity index (χ4n) is 2.03. The Labute approximate surface area is 137 Å². The minimum Gasteiger partial charge on any atom is -0.356 e. The molecule has 1 amide bonds. The van der Waals surface area contributed by atoms with Crippen LogP contribution in [0.4, 0.5) is 5.13 Å². The number of anilines is 1. The Balaban J connectivity index is 1.78. The highest BCUT2D eigenvalue weighted by molar-refractivity contribution is 7.14. The molecule has 0 saturated carbocycles. The summed E-state index contributed by atoms with van der Waals surface area (Å²) in [6, 6.07) is 7.78. The topological polar surface area (TPSA) is 57.8 Å². The summed E-state index contributed by atoms with van der Waals surface area (Å²) in [6.45, 7) is 4.15. The van der Waals surface area contributed by atoms with E-state index in [-0.39, 0.29) is 5.91 Å². The number of aryl methyl sites for hydroxylation is 2. The van der Waals surface area contributed by atoms with Crippen molar-refractivity contribution in [1.82, 2.24) is 9.97 Å². The lowest BCUT2D eigenvalue weighted by Gasteiger charge is -2.02. The molecule has 1 aromatic carbocycles. The number of hydrogen-bond acceptors (Lipinski definition) is 3. The van der Waals surface area contributed by atoms with Crippen molar-refractivity contribution in [2.75, 3.05) is 5.32 Å². The standard InChI is InChI=1S/C16H14ClN3OS/c1-9-3-4-11(5-10(9)2)14-8-22-16(19-14)20-15(21)13-6-12(17)7-18-13/h3-8,18H,1-2H3,(H,19,20,21). The first-order chi connectivity index (χ1) is 10.5. The summed E-state index contributed by atoms with van der Waals surface area (Å²) in [5.74, 6) is -0.257. The Morgan fingerprint density at radius 2 is 2.09 bits per heavy atom. The van der Waals surface area contributed by atoms with Crippen molar-refractivity contribution < 1.29 is 4.79 Å². The van der Waals surface area contributed by atoms with Gasteiger partial charge in [0.2, 0.25) is 0 Å². The SMILES string of the molecule is Cc1ccc(-c2csc(NC(=O)c3cc(Cl)c[nH]3)n2)cc1C. The van der Waals surface area contributed by atoms with Crippen molar-refractivity contribution in [3.05, 3.63) is 57.7 Å². The lowest BCUT2D eigenvalue weighted by atomic mass is 10.1. The molecule has 0 saturated heterocycles. The Hall–Kier alpha value is -2.11. The van der Waals surface area contributed by atoms with E-state index in [2.05, 4.69) is 41.3 Å². The minimum atomic E-state index is -0.257. The Morgan fingerprint density at radius 1 is 1.27 bits per heavy atom. The molecular formula is C16H14ClN3OS. The third-order valence-corrected chi connectivity index (χ3v) is 4.40.